The Morgan fingerprint density at radius 2 is 1.83 bits per heavy atom. The topological polar surface area (TPSA) is 55.1 Å². The van der Waals surface area contributed by atoms with Crippen molar-refractivity contribution >= 4 is 28.8 Å². The van der Waals surface area contributed by atoms with Gasteiger partial charge in [0.15, 0.2) is 0 Å². The van der Waals surface area contributed by atoms with E-state index in [2.05, 4.69) is 19.2 Å². The average molecular weight is 264 g/mol. The summed E-state index contributed by atoms with van der Waals surface area (Å²) in [5.74, 6) is 0.232. The Morgan fingerprint density at radius 3 is 2.28 bits per heavy atom. The maximum atomic E-state index is 11.8. The highest BCUT2D eigenvalue weighted by Gasteiger charge is 2.13. The maximum Gasteiger partial charge on any atom is 0.227 e. The Hall–Kier alpha value is -1.42. The summed E-state index contributed by atoms with van der Waals surface area (Å²) in [7, 11) is 0. The number of thiocarbonyl (C=S) groups is 1. The normalized spacial score (nSPS) is 12.2. The molecule has 0 aromatic heterocycles. The second-order valence-corrected chi connectivity index (χ2v) is 5.36. The number of amides is 1. The van der Waals surface area contributed by atoms with Crippen LogP contribution in [0.4, 0.5) is 5.69 Å². The Morgan fingerprint density at radius 1 is 1.28 bits per heavy atom. The number of carbonyl (C=O) groups excluding carboxylic acids is 1. The highest BCUT2D eigenvalue weighted by molar-refractivity contribution is 7.80. The van der Waals surface area contributed by atoms with Crippen molar-refractivity contribution in [1.82, 2.24) is 0 Å². The lowest BCUT2D eigenvalue weighted by Crippen LogP contribution is -2.24. The molecule has 1 aromatic rings. The summed E-state index contributed by atoms with van der Waals surface area (Å²) in [6, 6.07) is 7.89. The zero-order valence-electron chi connectivity index (χ0n) is 11.1. The minimum absolute atomic E-state index is 0.0555. The average Bonchev–Trinajstić information content (AvgIpc) is 2.28. The van der Waals surface area contributed by atoms with Crippen LogP contribution in [0.1, 0.15) is 38.7 Å². The largest absolute Gasteiger partial charge is 0.393 e. The number of carbonyl (C=O) groups is 1. The van der Waals surface area contributed by atoms with Crippen molar-refractivity contribution in [3.63, 3.8) is 0 Å². The molecule has 4 heteroatoms. The molecule has 3 N–H and O–H groups in total. The Balaban J connectivity index is 2.62. The first-order chi connectivity index (χ1) is 8.40. The van der Waals surface area contributed by atoms with Gasteiger partial charge < -0.3 is 11.1 Å². The van der Waals surface area contributed by atoms with Gasteiger partial charge in [-0.25, -0.2) is 0 Å². The predicted octanol–water partition coefficient (Wildman–Crippen LogP) is 3.06. The lowest BCUT2D eigenvalue weighted by Gasteiger charge is -2.12. The van der Waals surface area contributed by atoms with E-state index >= 15 is 0 Å². The fraction of sp³-hybridized carbons (Fsp3) is 0.429. The van der Waals surface area contributed by atoms with Crippen LogP contribution in [0.3, 0.4) is 0 Å². The van der Waals surface area contributed by atoms with Crippen molar-refractivity contribution in [3.8, 4) is 0 Å². The van der Waals surface area contributed by atoms with Gasteiger partial charge in [0.2, 0.25) is 5.91 Å². The first kappa shape index (κ1) is 14.6. The van der Waals surface area contributed by atoms with Gasteiger partial charge in [-0.2, -0.15) is 0 Å². The van der Waals surface area contributed by atoms with E-state index in [0.717, 1.165) is 5.69 Å². The van der Waals surface area contributed by atoms with Gasteiger partial charge in [0, 0.05) is 18.0 Å². The molecule has 0 aliphatic heterocycles. The van der Waals surface area contributed by atoms with Gasteiger partial charge in [-0.05, 0) is 23.6 Å². The first-order valence-corrected chi connectivity index (χ1v) is 6.50. The van der Waals surface area contributed by atoms with Crippen molar-refractivity contribution in [1.29, 1.82) is 0 Å². The van der Waals surface area contributed by atoms with E-state index in [4.69, 9.17) is 18.0 Å². The molecule has 0 heterocycles. The van der Waals surface area contributed by atoms with E-state index in [1.54, 1.807) is 0 Å². The Bertz CT molecular complexity index is 426. The molecule has 1 aromatic carbocycles. The second-order valence-electron chi connectivity index (χ2n) is 4.84. The van der Waals surface area contributed by atoms with Gasteiger partial charge in [0.05, 0.1) is 4.99 Å². The molecule has 3 nitrogen and oxygen atoms in total. The summed E-state index contributed by atoms with van der Waals surface area (Å²) in [6.45, 7) is 6.09. The van der Waals surface area contributed by atoms with E-state index in [9.17, 15) is 4.79 Å². The summed E-state index contributed by atoms with van der Waals surface area (Å²) < 4.78 is 0. The molecular weight excluding hydrogens is 244 g/mol. The lowest BCUT2D eigenvalue weighted by molar-refractivity contribution is -0.119. The van der Waals surface area contributed by atoms with Gasteiger partial charge in [0.25, 0.3) is 0 Å². The van der Waals surface area contributed by atoms with Crippen LogP contribution in [0, 0.1) is 5.92 Å². The number of hydrogen-bond acceptors (Lipinski definition) is 2. The molecule has 0 saturated carbocycles. The minimum atomic E-state index is -0.202. The van der Waals surface area contributed by atoms with Crippen molar-refractivity contribution in [2.75, 3.05) is 5.32 Å². The molecule has 0 aliphatic rings. The van der Waals surface area contributed by atoms with Gasteiger partial charge in [-0.15, -0.1) is 0 Å². The predicted molar refractivity (Wildman–Crippen MR) is 79.7 cm³/mol. The smallest absolute Gasteiger partial charge is 0.227 e. The molecule has 0 aliphatic carbocycles. The highest BCUT2D eigenvalue weighted by Crippen LogP contribution is 2.17. The molecule has 1 amide bonds. The number of nitrogens with one attached hydrogen (secondary N) is 1. The Labute approximate surface area is 114 Å². The number of anilines is 1. The van der Waals surface area contributed by atoms with E-state index in [-0.39, 0.29) is 11.8 Å². The fourth-order valence-electron chi connectivity index (χ4n) is 1.61. The standard InChI is InChI=1S/C14H20N2OS/c1-9(2)11-4-6-12(7-5-11)16-14(17)10(3)8-13(15)18/h4-7,9-10H,8H2,1-3H3,(H2,15,18)(H,16,17). The molecular formula is C14H20N2OS. The van der Waals surface area contributed by atoms with E-state index in [1.165, 1.54) is 5.56 Å². The third-order valence-corrected chi connectivity index (χ3v) is 2.97. The molecule has 1 rings (SSSR count). The van der Waals surface area contributed by atoms with Gasteiger partial charge in [-0.1, -0.05) is 45.1 Å². The van der Waals surface area contributed by atoms with E-state index in [1.807, 2.05) is 31.2 Å². The van der Waals surface area contributed by atoms with Gasteiger partial charge >= 0.3 is 0 Å². The maximum absolute atomic E-state index is 11.8. The third kappa shape index (κ3) is 4.45. The highest BCUT2D eigenvalue weighted by atomic mass is 32.1. The van der Waals surface area contributed by atoms with Gasteiger partial charge in [0.1, 0.15) is 0 Å². The van der Waals surface area contributed by atoms with Crippen molar-refractivity contribution in [2.24, 2.45) is 11.7 Å². The number of hydrogen-bond donors (Lipinski definition) is 2. The third-order valence-electron chi connectivity index (χ3n) is 2.80. The molecule has 1 unspecified atom stereocenters. The summed E-state index contributed by atoms with van der Waals surface area (Å²) >= 11 is 4.80. The monoisotopic (exact) mass is 264 g/mol. The molecule has 0 spiro atoms. The second kappa shape index (κ2) is 6.50. The van der Waals surface area contributed by atoms with Crippen molar-refractivity contribution in [3.05, 3.63) is 29.8 Å². The van der Waals surface area contributed by atoms with Crippen molar-refractivity contribution < 1.29 is 4.79 Å². The van der Waals surface area contributed by atoms with Crippen LogP contribution >= 0.6 is 12.2 Å². The first-order valence-electron chi connectivity index (χ1n) is 6.09. The molecule has 18 heavy (non-hydrogen) atoms. The minimum Gasteiger partial charge on any atom is -0.393 e. The van der Waals surface area contributed by atoms with Crippen LogP contribution in [-0.4, -0.2) is 10.9 Å². The van der Waals surface area contributed by atoms with Crippen LogP contribution in [0.15, 0.2) is 24.3 Å². The molecule has 1 atom stereocenters. The molecule has 98 valence electrons. The van der Waals surface area contributed by atoms with Crippen LogP contribution < -0.4 is 11.1 Å². The summed E-state index contributed by atoms with van der Waals surface area (Å²) in [6.07, 6.45) is 0.436. The van der Waals surface area contributed by atoms with Gasteiger partial charge in [-0.3, -0.25) is 4.79 Å². The molecule has 0 saturated heterocycles. The number of nitrogens with two attached hydrogens (primary N) is 1. The zero-order valence-corrected chi connectivity index (χ0v) is 11.9. The Kier molecular flexibility index (Phi) is 5.28. The zero-order chi connectivity index (χ0) is 13.7. The molecule has 0 radical (unpaired) electrons. The summed E-state index contributed by atoms with van der Waals surface area (Å²) in [5.41, 5.74) is 7.49. The SMILES string of the molecule is CC(CC(N)=S)C(=O)Nc1ccc(C(C)C)cc1. The lowest BCUT2D eigenvalue weighted by atomic mass is 10.0. The van der Waals surface area contributed by atoms with E-state index in [0.29, 0.717) is 17.3 Å². The van der Waals surface area contributed by atoms with Crippen LogP contribution in [0.25, 0.3) is 0 Å². The quantitative estimate of drug-likeness (QED) is 0.804. The van der Waals surface area contributed by atoms with Crippen LogP contribution in [0.2, 0.25) is 0 Å². The molecule has 0 fully saturated rings. The number of benzene rings is 1. The van der Waals surface area contributed by atoms with E-state index < -0.39 is 0 Å². The van der Waals surface area contributed by atoms with Crippen LogP contribution in [0.5, 0.6) is 0 Å². The number of rotatable bonds is 5. The molecule has 0 bridgehead atoms. The summed E-state index contributed by atoms with van der Waals surface area (Å²) in [4.78, 5) is 12.2. The summed E-state index contributed by atoms with van der Waals surface area (Å²) in [5, 5.41) is 2.86. The van der Waals surface area contributed by atoms with Crippen LogP contribution in [-0.2, 0) is 4.79 Å². The fourth-order valence-corrected chi connectivity index (χ4v) is 1.86. The van der Waals surface area contributed by atoms with Crippen molar-refractivity contribution in [2.45, 2.75) is 33.1 Å².